The van der Waals surface area contributed by atoms with E-state index in [1.165, 1.54) is 14.0 Å². The van der Waals surface area contributed by atoms with Crippen molar-refractivity contribution in [1.29, 1.82) is 0 Å². The Kier molecular flexibility index (Phi) is 8.04. The Morgan fingerprint density at radius 2 is 1.79 bits per heavy atom. The number of ether oxygens (including phenoxy) is 2. The quantitative estimate of drug-likeness (QED) is 0.313. The van der Waals surface area contributed by atoms with Crippen molar-refractivity contribution < 1.29 is 45.7 Å². The summed E-state index contributed by atoms with van der Waals surface area (Å²) in [4.78, 5) is 30.4. The molecular weight excluding hydrogens is 560 g/mol. The minimum absolute atomic E-state index is 0.0313. The second kappa shape index (κ2) is 10.5. The topological polar surface area (TPSA) is 104 Å². The summed E-state index contributed by atoms with van der Waals surface area (Å²) in [5, 5.41) is 10.7. The Hall–Kier alpha value is -3.65. The van der Waals surface area contributed by atoms with Gasteiger partial charge in [0.1, 0.15) is 11.3 Å². The first-order valence-electron chi connectivity index (χ1n) is 10.9. The van der Waals surface area contributed by atoms with Crippen LogP contribution in [0.25, 0.3) is 0 Å². The number of carbonyl (C=O) groups excluding carboxylic acids is 1. The number of alkyl halides is 6. The molecule has 3 rings (SSSR count). The smallest absolute Gasteiger partial charge is 0.434 e. The average molecular weight is 580 g/mol. The van der Waals surface area contributed by atoms with Gasteiger partial charge in [0.25, 0.3) is 5.56 Å². The van der Waals surface area contributed by atoms with E-state index >= 15 is 0 Å². The van der Waals surface area contributed by atoms with Crippen LogP contribution in [0.4, 0.5) is 26.3 Å². The molecule has 0 radical (unpaired) electrons. The molecule has 0 saturated heterocycles. The fourth-order valence-corrected chi connectivity index (χ4v) is 4.22. The van der Waals surface area contributed by atoms with Gasteiger partial charge in [-0.2, -0.15) is 31.3 Å². The SMILES string of the molecule is COC(=O)c1cnc(Oc2ccc([C@H](C)[C@](O)(c3cc(C)c(=O)n(C)c3)C(F)(F)F)c(Cl)c2)nc1C(F)(F)F. The van der Waals surface area contributed by atoms with E-state index in [0.29, 0.717) is 6.20 Å². The molecule has 2 aromatic heterocycles. The summed E-state index contributed by atoms with van der Waals surface area (Å²) in [6.45, 7) is 2.37. The van der Waals surface area contributed by atoms with Crippen LogP contribution in [0, 0.1) is 6.92 Å². The first-order chi connectivity index (χ1) is 17.9. The molecular formula is C24H20ClF6N3O5. The van der Waals surface area contributed by atoms with Crippen LogP contribution in [0.2, 0.25) is 5.02 Å². The lowest BCUT2D eigenvalue weighted by molar-refractivity contribution is -0.274. The minimum atomic E-state index is -5.21. The summed E-state index contributed by atoms with van der Waals surface area (Å²) in [5.74, 6) is -3.30. The third-order valence-electron chi connectivity index (χ3n) is 5.95. The van der Waals surface area contributed by atoms with Crippen molar-refractivity contribution >= 4 is 17.6 Å². The van der Waals surface area contributed by atoms with E-state index in [-0.39, 0.29) is 21.9 Å². The van der Waals surface area contributed by atoms with Crippen LogP contribution < -0.4 is 10.3 Å². The highest BCUT2D eigenvalue weighted by atomic mass is 35.5. The standard InChI is InChI=1S/C24H20ClF6N3O5/c1-11-7-13(10-34(3)19(11)35)22(37,24(29,30)31)12(2)15-6-5-14(8-17(15)25)39-21-32-9-16(20(36)38-4)18(33-21)23(26,27)28/h5-10,12,37H,1-4H3/t12-,22-/m0/s1. The number of aryl methyl sites for hydroxylation is 2. The Morgan fingerprint density at radius 1 is 1.15 bits per heavy atom. The Balaban J connectivity index is 2.02. The molecule has 0 aliphatic carbocycles. The van der Waals surface area contributed by atoms with Crippen LogP contribution in [0.3, 0.4) is 0 Å². The van der Waals surface area contributed by atoms with E-state index in [0.717, 1.165) is 49.1 Å². The van der Waals surface area contributed by atoms with E-state index < -0.39 is 58.2 Å². The Labute approximate surface area is 221 Å². The van der Waals surface area contributed by atoms with Crippen molar-refractivity contribution in [2.75, 3.05) is 7.11 Å². The second-order valence-electron chi connectivity index (χ2n) is 8.50. The number of pyridine rings is 1. The van der Waals surface area contributed by atoms with Crippen LogP contribution >= 0.6 is 11.6 Å². The largest absolute Gasteiger partial charge is 0.465 e. The van der Waals surface area contributed by atoms with Crippen LogP contribution in [-0.4, -0.2) is 38.9 Å². The summed E-state index contributed by atoms with van der Waals surface area (Å²) in [6, 6.07) is 3.28. The van der Waals surface area contributed by atoms with Crippen molar-refractivity contribution in [2.45, 2.75) is 37.7 Å². The van der Waals surface area contributed by atoms with Crippen molar-refractivity contribution in [2.24, 2.45) is 7.05 Å². The first kappa shape index (κ1) is 29.9. The van der Waals surface area contributed by atoms with E-state index in [1.54, 1.807) is 0 Å². The molecule has 8 nitrogen and oxygen atoms in total. The Bertz CT molecular complexity index is 1450. The van der Waals surface area contributed by atoms with Gasteiger partial charge in [-0.15, -0.1) is 0 Å². The number of aromatic nitrogens is 3. The monoisotopic (exact) mass is 579 g/mol. The number of aliphatic hydroxyl groups is 1. The van der Waals surface area contributed by atoms with Gasteiger partial charge in [-0.1, -0.05) is 24.6 Å². The number of esters is 1. The van der Waals surface area contributed by atoms with Gasteiger partial charge in [0.2, 0.25) is 0 Å². The molecule has 39 heavy (non-hydrogen) atoms. The van der Waals surface area contributed by atoms with Crippen LogP contribution in [0.15, 0.2) is 41.5 Å². The fraction of sp³-hybridized carbons (Fsp3) is 0.333. The van der Waals surface area contributed by atoms with Gasteiger partial charge in [0, 0.05) is 41.5 Å². The molecule has 2 atom stereocenters. The second-order valence-corrected chi connectivity index (χ2v) is 8.91. The predicted octanol–water partition coefficient (Wildman–Crippen LogP) is 5.29. The van der Waals surface area contributed by atoms with Gasteiger partial charge in [-0.25, -0.2) is 9.78 Å². The normalized spacial score (nSPS) is 14.5. The van der Waals surface area contributed by atoms with Crippen molar-refractivity contribution in [3.05, 3.63) is 80.0 Å². The molecule has 0 unspecified atom stereocenters. The fourth-order valence-electron chi connectivity index (χ4n) is 3.89. The third-order valence-corrected chi connectivity index (χ3v) is 6.28. The van der Waals surface area contributed by atoms with Gasteiger partial charge in [-0.05, 0) is 30.7 Å². The van der Waals surface area contributed by atoms with Crippen LogP contribution in [0.1, 0.15) is 45.6 Å². The van der Waals surface area contributed by atoms with Crippen molar-refractivity contribution in [1.82, 2.24) is 14.5 Å². The predicted molar refractivity (Wildman–Crippen MR) is 125 cm³/mol. The number of benzene rings is 1. The summed E-state index contributed by atoms with van der Waals surface area (Å²) >= 11 is 6.22. The van der Waals surface area contributed by atoms with Gasteiger partial charge < -0.3 is 19.1 Å². The molecule has 1 aromatic carbocycles. The lowest BCUT2D eigenvalue weighted by Gasteiger charge is -2.37. The summed E-state index contributed by atoms with van der Waals surface area (Å²) in [5.41, 5.74) is -7.44. The van der Waals surface area contributed by atoms with E-state index in [2.05, 4.69) is 14.7 Å². The number of nitrogens with zero attached hydrogens (tertiary/aromatic N) is 3. The van der Waals surface area contributed by atoms with Gasteiger partial charge >= 0.3 is 24.3 Å². The van der Waals surface area contributed by atoms with Gasteiger partial charge in [0.15, 0.2) is 11.3 Å². The maximum Gasteiger partial charge on any atom is 0.434 e. The highest BCUT2D eigenvalue weighted by molar-refractivity contribution is 6.31. The number of hydrogen-bond donors (Lipinski definition) is 1. The molecule has 0 spiro atoms. The highest BCUT2D eigenvalue weighted by Gasteiger charge is 2.59. The van der Waals surface area contributed by atoms with Crippen molar-refractivity contribution in [3.63, 3.8) is 0 Å². The number of carbonyl (C=O) groups is 1. The molecule has 0 saturated carbocycles. The number of methoxy groups -OCH3 is 1. The summed E-state index contributed by atoms with van der Waals surface area (Å²) in [6.07, 6.45) is -8.85. The summed E-state index contributed by atoms with van der Waals surface area (Å²) < 4.78 is 93.4. The van der Waals surface area contributed by atoms with Crippen LogP contribution in [-0.2, 0) is 23.6 Å². The molecule has 1 N–H and O–H groups in total. The summed E-state index contributed by atoms with van der Waals surface area (Å²) in [7, 11) is 2.11. The molecule has 2 heterocycles. The molecule has 0 aliphatic heterocycles. The zero-order valence-electron chi connectivity index (χ0n) is 20.6. The lowest BCUT2D eigenvalue weighted by atomic mass is 9.78. The van der Waals surface area contributed by atoms with Gasteiger partial charge in [0.05, 0.1) is 7.11 Å². The Morgan fingerprint density at radius 3 is 2.31 bits per heavy atom. The first-order valence-corrected chi connectivity index (χ1v) is 11.3. The van der Waals surface area contributed by atoms with E-state index in [9.17, 15) is 41.0 Å². The van der Waals surface area contributed by atoms with E-state index in [4.69, 9.17) is 16.3 Å². The number of rotatable bonds is 6. The highest BCUT2D eigenvalue weighted by Crippen LogP contribution is 2.50. The van der Waals surface area contributed by atoms with Crippen molar-refractivity contribution in [3.8, 4) is 11.8 Å². The molecule has 0 bridgehead atoms. The molecule has 0 amide bonds. The van der Waals surface area contributed by atoms with Crippen LogP contribution in [0.5, 0.6) is 11.8 Å². The van der Waals surface area contributed by atoms with Gasteiger partial charge in [-0.3, -0.25) is 4.79 Å². The molecule has 3 aromatic rings. The number of hydrogen-bond acceptors (Lipinski definition) is 7. The average Bonchev–Trinajstić information content (AvgIpc) is 2.84. The molecule has 0 aliphatic rings. The lowest BCUT2D eigenvalue weighted by Crippen LogP contribution is -2.47. The molecule has 0 fully saturated rings. The zero-order chi connectivity index (χ0) is 29.5. The maximum atomic E-state index is 14.3. The third kappa shape index (κ3) is 5.71. The zero-order valence-corrected chi connectivity index (χ0v) is 21.4. The number of halogens is 7. The molecule has 15 heteroatoms. The molecule has 210 valence electrons. The maximum absolute atomic E-state index is 14.3. The van der Waals surface area contributed by atoms with E-state index in [1.807, 2.05) is 0 Å². The minimum Gasteiger partial charge on any atom is -0.465 e.